The fraction of sp³-hybridized carbons (Fsp3) is 0.375. The van der Waals surface area contributed by atoms with Gasteiger partial charge in [0.1, 0.15) is 17.5 Å². The van der Waals surface area contributed by atoms with E-state index >= 15 is 0 Å². The average Bonchev–Trinajstić information content (AvgIpc) is 2.48. The van der Waals surface area contributed by atoms with E-state index < -0.39 is 0 Å². The average molecular weight is 305 g/mol. The predicted molar refractivity (Wildman–Crippen MR) is 86.2 cm³/mol. The van der Waals surface area contributed by atoms with Gasteiger partial charge in [0.05, 0.1) is 5.75 Å². The molecule has 1 N–H and O–H groups in total. The van der Waals surface area contributed by atoms with Gasteiger partial charge in [-0.3, -0.25) is 0 Å². The fourth-order valence-electron chi connectivity index (χ4n) is 1.87. The zero-order chi connectivity index (χ0) is 15.2. The highest BCUT2D eigenvalue weighted by atomic mass is 32.2. The Hall–Kier alpha value is -1.62. The summed E-state index contributed by atoms with van der Waals surface area (Å²) >= 11 is 1.42. The zero-order valence-corrected chi connectivity index (χ0v) is 13.4. The molecular formula is C16H20FN3S. The van der Waals surface area contributed by atoms with Crippen molar-refractivity contribution >= 4 is 17.6 Å². The van der Waals surface area contributed by atoms with Gasteiger partial charge in [-0.15, -0.1) is 11.8 Å². The first-order chi connectivity index (χ1) is 10.1. The van der Waals surface area contributed by atoms with E-state index in [9.17, 15) is 4.39 Å². The molecular weight excluding hydrogens is 285 g/mol. The molecule has 2 rings (SSSR count). The highest BCUT2D eigenvalue weighted by Crippen LogP contribution is 2.25. The van der Waals surface area contributed by atoms with Crippen LogP contribution in [0.1, 0.15) is 30.4 Å². The minimum absolute atomic E-state index is 0.198. The van der Waals surface area contributed by atoms with E-state index in [1.54, 1.807) is 12.1 Å². The largest absolute Gasteiger partial charge is 0.370 e. The Morgan fingerprint density at radius 1 is 1.19 bits per heavy atom. The predicted octanol–water partition coefficient (Wildman–Crippen LogP) is 4.35. The van der Waals surface area contributed by atoms with Gasteiger partial charge in [-0.2, -0.15) is 0 Å². The molecule has 0 amide bonds. The van der Waals surface area contributed by atoms with Crippen LogP contribution in [0.3, 0.4) is 0 Å². The van der Waals surface area contributed by atoms with Gasteiger partial charge in [0.25, 0.3) is 0 Å². The maximum absolute atomic E-state index is 13.6. The molecule has 5 heteroatoms. The molecule has 0 saturated heterocycles. The van der Waals surface area contributed by atoms with Crippen LogP contribution in [-0.2, 0) is 5.75 Å². The third-order valence-electron chi connectivity index (χ3n) is 3.17. The molecule has 112 valence electrons. The van der Waals surface area contributed by atoms with Crippen LogP contribution in [0, 0.1) is 19.7 Å². The Balaban J connectivity index is 2.13. The van der Waals surface area contributed by atoms with Gasteiger partial charge in [-0.05, 0) is 32.4 Å². The van der Waals surface area contributed by atoms with Gasteiger partial charge >= 0.3 is 0 Å². The molecule has 3 nitrogen and oxygen atoms in total. The second-order valence-electron chi connectivity index (χ2n) is 4.84. The molecule has 0 aliphatic carbocycles. The fourth-order valence-corrected chi connectivity index (χ4v) is 2.67. The van der Waals surface area contributed by atoms with Crippen molar-refractivity contribution in [1.29, 1.82) is 0 Å². The number of rotatable bonds is 6. The normalized spacial score (nSPS) is 10.7. The van der Waals surface area contributed by atoms with E-state index in [-0.39, 0.29) is 5.82 Å². The molecule has 1 heterocycles. The summed E-state index contributed by atoms with van der Waals surface area (Å²) in [6.07, 6.45) is 1.04. The molecule has 2 aromatic rings. The molecule has 0 radical (unpaired) electrons. The lowest BCUT2D eigenvalue weighted by atomic mass is 10.2. The van der Waals surface area contributed by atoms with Gasteiger partial charge in [-0.25, -0.2) is 14.4 Å². The molecule has 21 heavy (non-hydrogen) atoms. The van der Waals surface area contributed by atoms with Crippen molar-refractivity contribution in [2.24, 2.45) is 0 Å². The third kappa shape index (κ3) is 4.17. The summed E-state index contributed by atoms with van der Waals surface area (Å²) in [6, 6.07) is 6.77. The summed E-state index contributed by atoms with van der Waals surface area (Å²) in [7, 11) is 0. The minimum Gasteiger partial charge on any atom is -0.370 e. The number of aromatic nitrogens is 2. The van der Waals surface area contributed by atoms with Crippen molar-refractivity contribution in [3.05, 3.63) is 47.2 Å². The van der Waals surface area contributed by atoms with Crippen molar-refractivity contribution in [2.75, 3.05) is 11.9 Å². The Morgan fingerprint density at radius 3 is 2.67 bits per heavy atom. The van der Waals surface area contributed by atoms with Crippen LogP contribution in [-0.4, -0.2) is 16.5 Å². The van der Waals surface area contributed by atoms with Crippen LogP contribution in [0.4, 0.5) is 10.2 Å². The highest BCUT2D eigenvalue weighted by molar-refractivity contribution is 7.98. The van der Waals surface area contributed by atoms with E-state index in [1.807, 2.05) is 19.9 Å². The van der Waals surface area contributed by atoms with Gasteiger partial charge in [0.2, 0.25) is 0 Å². The number of halogens is 1. The number of benzene rings is 1. The molecule has 0 aliphatic heterocycles. The van der Waals surface area contributed by atoms with Gasteiger partial charge in [0, 0.05) is 22.7 Å². The molecule has 0 unspecified atom stereocenters. The summed E-state index contributed by atoms with van der Waals surface area (Å²) in [4.78, 5) is 9.67. The lowest BCUT2D eigenvalue weighted by Crippen LogP contribution is -2.08. The molecule has 1 aromatic heterocycles. The molecule has 0 bridgehead atoms. The smallest absolute Gasteiger partial charge is 0.141 e. The maximum Gasteiger partial charge on any atom is 0.141 e. The monoisotopic (exact) mass is 305 g/mol. The Morgan fingerprint density at radius 2 is 1.95 bits per heavy atom. The van der Waals surface area contributed by atoms with Crippen molar-refractivity contribution in [3.63, 3.8) is 0 Å². The van der Waals surface area contributed by atoms with E-state index in [1.165, 1.54) is 17.8 Å². The van der Waals surface area contributed by atoms with Crippen molar-refractivity contribution < 1.29 is 4.39 Å². The number of thioether (sulfide) groups is 1. The summed E-state index contributed by atoms with van der Waals surface area (Å²) in [5.74, 6) is 1.97. The topological polar surface area (TPSA) is 37.8 Å². The number of nitrogens with one attached hydrogen (secondary N) is 1. The Kier molecular flexibility index (Phi) is 5.56. The first kappa shape index (κ1) is 15.8. The Labute approximate surface area is 129 Å². The molecule has 0 fully saturated rings. The van der Waals surface area contributed by atoms with Crippen LogP contribution in [0.25, 0.3) is 0 Å². The van der Waals surface area contributed by atoms with E-state index in [2.05, 4.69) is 22.2 Å². The van der Waals surface area contributed by atoms with Gasteiger partial charge in [-0.1, -0.05) is 19.1 Å². The molecule has 0 saturated carbocycles. The SMILES string of the molecule is CCCNc1nc(CSc2ccccc2F)nc(C)c1C. The lowest BCUT2D eigenvalue weighted by molar-refractivity contribution is 0.602. The number of nitrogens with zero attached hydrogens (tertiary/aromatic N) is 2. The number of hydrogen-bond donors (Lipinski definition) is 1. The second kappa shape index (κ2) is 7.41. The number of hydrogen-bond acceptors (Lipinski definition) is 4. The summed E-state index contributed by atoms with van der Waals surface area (Å²) in [5.41, 5.74) is 2.04. The summed E-state index contributed by atoms with van der Waals surface area (Å²) in [5, 5.41) is 3.32. The van der Waals surface area contributed by atoms with E-state index in [0.29, 0.717) is 10.6 Å². The first-order valence-electron chi connectivity index (χ1n) is 7.07. The zero-order valence-electron chi connectivity index (χ0n) is 12.6. The van der Waals surface area contributed by atoms with Crippen LogP contribution < -0.4 is 5.32 Å². The molecule has 1 aromatic carbocycles. The van der Waals surface area contributed by atoms with E-state index in [4.69, 9.17) is 0 Å². The second-order valence-corrected chi connectivity index (χ2v) is 5.86. The molecule has 0 atom stereocenters. The van der Waals surface area contributed by atoms with Crippen LogP contribution in [0.5, 0.6) is 0 Å². The number of aryl methyl sites for hydroxylation is 1. The van der Waals surface area contributed by atoms with Crippen molar-refractivity contribution in [1.82, 2.24) is 9.97 Å². The first-order valence-corrected chi connectivity index (χ1v) is 8.05. The van der Waals surface area contributed by atoms with Crippen LogP contribution in [0.2, 0.25) is 0 Å². The summed E-state index contributed by atoms with van der Waals surface area (Å²) < 4.78 is 13.6. The molecule has 0 spiro atoms. The lowest BCUT2D eigenvalue weighted by Gasteiger charge is -2.11. The van der Waals surface area contributed by atoms with Gasteiger partial charge in [0.15, 0.2) is 0 Å². The molecule has 0 aliphatic rings. The highest BCUT2D eigenvalue weighted by Gasteiger charge is 2.09. The quantitative estimate of drug-likeness (QED) is 0.805. The summed E-state index contributed by atoms with van der Waals surface area (Å²) in [6.45, 7) is 7.00. The minimum atomic E-state index is -0.198. The number of anilines is 1. The van der Waals surface area contributed by atoms with Gasteiger partial charge < -0.3 is 5.32 Å². The maximum atomic E-state index is 13.6. The van der Waals surface area contributed by atoms with Crippen molar-refractivity contribution in [2.45, 2.75) is 37.8 Å². The Bertz CT molecular complexity index is 616. The third-order valence-corrected chi connectivity index (χ3v) is 4.22. The van der Waals surface area contributed by atoms with E-state index in [0.717, 1.165) is 35.9 Å². The van der Waals surface area contributed by atoms with Crippen LogP contribution >= 0.6 is 11.8 Å². The van der Waals surface area contributed by atoms with Crippen LogP contribution in [0.15, 0.2) is 29.2 Å². The standard InChI is InChI=1S/C16H20FN3S/c1-4-9-18-16-11(2)12(3)19-15(20-16)10-21-14-8-6-5-7-13(14)17/h5-8H,4,9-10H2,1-3H3,(H,18,19,20). The van der Waals surface area contributed by atoms with Crippen molar-refractivity contribution in [3.8, 4) is 0 Å².